The van der Waals surface area contributed by atoms with Crippen LogP contribution in [0.2, 0.25) is 0 Å². The van der Waals surface area contributed by atoms with Crippen molar-refractivity contribution in [2.24, 2.45) is 4.99 Å². The molecule has 3 heterocycles. The summed E-state index contributed by atoms with van der Waals surface area (Å²) < 4.78 is 4.92. The Kier molecular flexibility index (Phi) is 6.08. The SMILES string of the molecule is CN1C(c2ccccc2)=NC(n2c3ccccc3c3ccc4c5ccccc5n(-c5ccccc5)c4c32)N(C)C1c1ccccc1. The molecule has 0 saturated heterocycles. The molecule has 0 spiro atoms. The van der Waals surface area contributed by atoms with E-state index in [1.165, 1.54) is 49.2 Å². The molecule has 0 radical (unpaired) electrons. The summed E-state index contributed by atoms with van der Waals surface area (Å²) in [6.45, 7) is 0. The van der Waals surface area contributed by atoms with Gasteiger partial charge in [0.15, 0.2) is 6.29 Å². The fourth-order valence-corrected chi connectivity index (χ4v) is 7.61. The Morgan fingerprint density at radius 2 is 1.04 bits per heavy atom. The van der Waals surface area contributed by atoms with Gasteiger partial charge in [0, 0.05) is 39.8 Å². The first kappa shape index (κ1) is 26.7. The van der Waals surface area contributed by atoms with Crippen LogP contribution in [0.1, 0.15) is 23.6 Å². The minimum atomic E-state index is -0.313. The maximum absolute atomic E-state index is 5.62. The van der Waals surface area contributed by atoms with E-state index in [0.29, 0.717) is 0 Å². The lowest BCUT2D eigenvalue weighted by Gasteiger charge is -2.45. The average molecular weight is 596 g/mol. The Morgan fingerprint density at radius 1 is 0.500 bits per heavy atom. The lowest BCUT2D eigenvalue weighted by molar-refractivity contribution is 0.0443. The first-order valence-corrected chi connectivity index (χ1v) is 15.8. The normalized spacial score (nSPS) is 17.3. The van der Waals surface area contributed by atoms with Crippen molar-refractivity contribution in [1.82, 2.24) is 18.9 Å². The van der Waals surface area contributed by atoms with Crippen LogP contribution in [0.3, 0.4) is 0 Å². The molecule has 5 nitrogen and oxygen atoms in total. The van der Waals surface area contributed by atoms with Crippen molar-refractivity contribution in [3.63, 3.8) is 0 Å². The van der Waals surface area contributed by atoms with Crippen LogP contribution in [0, 0.1) is 0 Å². The number of hydrogen-bond donors (Lipinski definition) is 0. The molecular weight excluding hydrogens is 562 g/mol. The molecule has 222 valence electrons. The van der Waals surface area contributed by atoms with Crippen molar-refractivity contribution in [2.45, 2.75) is 12.5 Å². The molecule has 5 heteroatoms. The molecule has 6 aromatic carbocycles. The molecule has 0 aliphatic carbocycles. The molecular formula is C41H33N5. The summed E-state index contributed by atoms with van der Waals surface area (Å²) in [6, 6.07) is 54.3. The molecule has 0 bridgehead atoms. The maximum atomic E-state index is 5.62. The van der Waals surface area contributed by atoms with Crippen molar-refractivity contribution >= 4 is 49.4 Å². The Hall–Kier alpha value is -5.65. The van der Waals surface area contributed by atoms with Gasteiger partial charge in [0.25, 0.3) is 0 Å². The second-order valence-corrected chi connectivity index (χ2v) is 12.2. The highest BCUT2D eigenvalue weighted by Crippen LogP contribution is 2.44. The third-order valence-electron chi connectivity index (χ3n) is 9.57. The van der Waals surface area contributed by atoms with Gasteiger partial charge in [-0.15, -0.1) is 0 Å². The highest BCUT2D eigenvalue weighted by molar-refractivity contribution is 6.23. The predicted molar refractivity (Wildman–Crippen MR) is 191 cm³/mol. The zero-order valence-electron chi connectivity index (χ0n) is 25.8. The zero-order chi connectivity index (χ0) is 30.8. The van der Waals surface area contributed by atoms with E-state index in [1.807, 2.05) is 0 Å². The number of benzene rings is 6. The van der Waals surface area contributed by atoms with Gasteiger partial charge < -0.3 is 14.0 Å². The Labute approximate surface area is 267 Å². The number of amidine groups is 1. The lowest BCUT2D eigenvalue weighted by atomic mass is 10.1. The summed E-state index contributed by atoms with van der Waals surface area (Å²) in [6.07, 6.45) is -0.346. The van der Waals surface area contributed by atoms with E-state index < -0.39 is 0 Å². The van der Waals surface area contributed by atoms with Gasteiger partial charge >= 0.3 is 0 Å². The minimum absolute atomic E-state index is 0.0331. The van der Waals surface area contributed by atoms with Crippen LogP contribution < -0.4 is 0 Å². The molecule has 8 aromatic rings. The van der Waals surface area contributed by atoms with Gasteiger partial charge in [-0.05, 0) is 36.9 Å². The molecule has 9 rings (SSSR count). The highest BCUT2D eigenvalue weighted by atomic mass is 15.5. The van der Waals surface area contributed by atoms with E-state index in [4.69, 9.17) is 4.99 Å². The van der Waals surface area contributed by atoms with Crippen LogP contribution in [0.15, 0.2) is 157 Å². The van der Waals surface area contributed by atoms with Gasteiger partial charge in [0.05, 0.1) is 22.1 Å². The van der Waals surface area contributed by atoms with Gasteiger partial charge in [-0.1, -0.05) is 127 Å². The van der Waals surface area contributed by atoms with Crippen LogP contribution in [-0.2, 0) is 0 Å². The van der Waals surface area contributed by atoms with E-state index >= 15 is 0 Å². The number of rotatable bonds is 4. The van der Waals surface area contributed by atoms with Gasteiger partial charge in [-0.25, -0.2) is 9.89 Å². The minimum Gasteiger partial charge on any atom is -0.339 e. The Balaban J connectivity index is 1.43. The summed E-state index contributed by atoms with van der Waals surface area (Å²) in [5.74, 6) is 0.972. The molecule has 0 N–H and O–H groups in total. The average Bonchev–Trinajstić information content (AvgIpc) is 3.63. The van der Waals surface area contributed by atoms with Gasteiger partial charge in [-0.2, -0.15) is 0 Å². The first-order valence-electron chi connectivity index (χ1n) is 15.8. The molecule has 0 amide bonds. The molecule has 2 unspecified atom stereocenters. The fraction of sp³-hybridized carbons (Fsp3) is 0.0976. The van der Waals surface area contributed by atoms with Crippen LogP contribution in [-0.4, -0.2) is 38.9 Å². The third kappa shape index (κ3) is 3.88. The number of aromatic nitrogens is 2. The lowest BCUT2D eigenvalue weighted by Crippen LogP contribution is -2.48. The molecule has 1 aliphatic rings. The zero-order valence-corrected chi connectivity index (χ0v) is 25.8. The molecule has 0 fully saturated rings. The largest absolute Gasteiger partial charge is 0.339 e. The van der Waals surface area contributed by atoms with E-state index in [-0.39, 0.29) is 12.5 Å². The molecule has 2 aromatic heterocycles. The van der Waals surface area contributed by atoms with E-state index in [9.17, 15) is 0 Å². The van der Waals surface area contributed by atoms with Crippen LogP contribution in [0.4, 0.5) is 0 Å². The maximum Gasteiger partial charge on any atom is 0.187 e. The first-order chi connectivity index (χ1) is 22.7. The number of hydrogen-bond acceptors (Lipinski definition) is 3. The van der Waals surface area contributed by atoms with Crippen molar-refractivity contribution in [2.75, 3.05) is 14.1 Å². The standard InChI is InChI=1S/C41H33N5/c1-43-39(28-16-6-3-7-17-28)42-41(44(2)40(43)29-18-8-4-9-19-29)46-36-25-15-13-23-32(36)34-27-26-33-31-22-12-14-24-35(31)45(37(33)38(34)46)30-20-10-5-11-21-30/h3-27,40-41H,1-2H3. The van der Waals surface area contributed by atoms with Crippen molar-refractivity contribution in [3.05, 3.63) is 163 Å². The molecule has 1 aliphatic heterocycles. The third-order valence-corrected chi connectivity index (χ3v) is 9.57. The quantitative estimate of drug-likeness (QED) is 0.203. The van der Waals surface area contributed by atoms with Gasteiger partial charge in [0.1, 0.15) is 12.0 Å². The summed E-state index contributed by atoms with van der Waals surface area (Å²) in [4.78, 5) is 10.3. The van der Waals surface area contributed by atoms with Gasteiger partial charge in [-0.3, -0.25) is 0 Å². The van der Waals surface area contributed by atoms with Crippen LogP contribution >= 0.6 is 0 Å². The number of para-hydroxylation sites is 3. The molecule has 2 atom stereocenters. The van der Waals surface area contributed by atoms with E-state index in [0.717, 1.165) is 17.1 Å². The summed E-state index contributed by atoms with van der Waals surface area (Å²) in [7, 11) is 4.37. The van der Waals surface area contributed by atoms with E-state index in [2.05, 4.69) is 185 Å². The smallest absolute Gasteiger partial charge is 0.187 e. The summed E-state index contributed by atoms with van der Waals surface area (Å²) in [5.41, 5.74) is 8.22. The topological polar surface area (TPSA) is 28.7 Å². The van der Waals surface area contributed by atoms with Gasteiger partial charge in [0.2, 0.25) is 0 Å². The summed E-state index contributed by atoms with van der Waals surface area (Å²) >= 11 is 0. The van der Waals surface area contributed by atoms with Crippen molar-refractivity contribution in [3.8, 4) is 5.69 Å². The van der Waals surface area contributed by atoms with Crippen LogP contribution in [0.25, 0.3) is 49.3 Å². The second-order valence-electron chi connectivity index (χ2n) is 12.2. The highest BCUT2D eigenvalue weighted by Gasteiger charge is 2.37. The second kappa shape index (κ2) is 10.5. The molecule has 0 saturated carbocycles. The fourth-order valence-electron chi connectivity index (χ4n) is 7.61. The van der Waals surface area contributed by atoms with Crippen molar-refractivity contribution < 1.29 is 0 Å². The molecule has 46 heavy (non-hydrogen) atoms. The predicted octanol–water partition coefficient (Wildman–Crippen LogP) is 9.37. The number of aliphatic imine (C=N–C) groups is 1. The van der Waals surface area contributed by atoms with E-state index in [1.54, 1.807) is 0 Å². The van der Waals surface area contributed by atoms with Crippen LogP contribution in [0.5, 0.6) is 0 Å². The monoisotopic (exact) mass is 595 g/mol. The number of nitrogens with zero attached hydrogens (tertiary/aromatic N) is 5. The summed E-state index contributed by atoms with van der Waals surface area (Å²) in [5, 5.41) is 4.93. The Morgan fingerprint density at radius 3 is 1.74 bits per heavy atom. The van der Waals surface area contributed by atoms with Crippen molar-refractivity contribution in [1.29, 1.82) is 0 Å². The number of fused-ring (bicyclic) bond motifs is 7. The Bertz CT molecular complexity index is 2400.